The van der Waals surface area contributed by atoms with Crippen molar-refractivity contribution in [2.75, 3.05) is 23.8 Å². The number of nitrogens with one attached hydrogen (secondary N) is 1. The van der Waals surface area contributed by atoms with Gasteiger partial charge < -0.3 is 15.4 Å². The van der Waals surface area contributed by atoms with Gasteiger partial charge in [-0.15, -0.1) is 5.10 Å². The van der Waals surface area contributed by atoms with Crippen LogP contribution in [-0.4, -0.2) is 52.8 Å². The lowest BCUT2D eigenvalue weighted by atomic mass is 9.97. The Morgan fingerprint density at radius 3 is 2.63 bits per heavy atom. The van der Waals surface area contributed by atoms with Gasteiger partial charge in [-0.05, 0) is 63.3 Å². The van der Waals surface area contributed by atoms with E-state index in [9.17, 15) is 13.2 Å². The first kappa shape index (κ1) is 27.4. The summed E-state index contributed by atoms with van der Waals surface area (Å²) in [6.45, 7) is 13.5. The van der Waals surface area contributed by atoms with Crippen molar-refractivity contribution in [1.29, 1.82) is 0 Å². The molecule has 1 aliphatic heterocycles. The Balaban J connectivity index is 0.00000280. The molecule has 0 spiro atoms. The summed E-state index contributed by atoms with van der Waals surface area (Å²) in [5.74, 6) is 1.28. The van der Waals surface area contributed by atoms with Gasteiger partial charge in [0.05, 0.1) is 12.2 Å². The van der Waals surface area contributed by atoms with Gasteiger partial charge in [-0.3, -0.25) is 4.79 Å². The Bertz CT molecular complexity index is 1460. The van der Waals surface area contributed by atoms with Crippen molar-refractivity contribution in [3.63, 3.8) is 0 Å². The Morgan fingerprint density at radius 2 is 2.00 bits per heavy atom. The molecule has 0 aliphatic carbocycles. The lowest BCUT2D eigenvalue weighted by Gasteiger charge is -2.34. The Morgan fingerprint density at radius 1 is 1.26 bits per heavy atom. The fourth-order valence-electron chi connectivity index (χ4n) is 4.71. The number of hydrogen-bond acceptors (Lipinski definition) is 9. The lowest BCUT2D eigenvalue weighted by Crippen LogP contribution is -2.41. The zero-order valence-corrected chi connectivity index (χ0v) is 23.4. The number of sulfonamides is 1. The number of pyridine rings is 2. The van der Waals surface area contributed by atoms with E-state index in [1.54, 1.807) is 16.8 Å². The number of rotatable bonds is 8. The molecule has 3 aromatic heterocycles. The van der Waals surface area contributed by atoms with Crippen LogP contribution in [0.4, 0.5) is 11.6 Å². The first-order valence-corrected chi connectivity index (χ1v) is 14.0. The molecular formula is C26H39N7O4S. The first-order chi connectivity index (χ1) is 17.8. The second kappa shape index (κ2) is 10.2. The number of carbonyl (C=O) groups excluding carboxylic acids is 1. The molecule has 1 aliphatic rings. The normalized spacial score (nSPS) is 17.1. The zero-order chi connectivity index (χ0) is 27.8. The molecule has 4 rings (SSSR count). The van der Waals surface area contributed by atoms with Crippen LogP contribution >= 0.6 is 0 Å². The third-order valence-corrected chi connectivity index (χ3v) is 7.56. The minimum absolute atomic E-state index is 0. The van der Waals surface area contributed by atoms with Crippen LogP contribution in [0.5, 0.6) is 5.88 Å². The summed E-state index contributed by atoms with van der Waals surface area (Å²) in [7, 11) is -4.26. The molecule has 208 valence electrons. The molecular weight excluding hydrogens is 506 g/mol. The van der Waals surface area contributed by atoms with Crippen LogP contribution < -0.4 is 20.1 Å². The van der Waals surface area contributed by atoms with Crippen molar-refractivity contribution >= 4 is 27.6 Å². The molecule has 1 amide bonds. The van der Waals surface area contributed by atoms with Crippen molar-refractivity contribution in [3.05, 3.63) is 47.7 Å². The van der Waals surface area contributed by atoms with Crippen LogP contribution in [-0.2, 0) is 10.0 Å². The quantitative estimate of drug-likeness (QED) is 0.431. The molecule has 11 nitrogen and oxygen atoms in total. The monoisotopic (exact) mass is 545 g/mol. The second-order valence-electron chi connectivity index (χ2n) is 10.8. The Kier molecular flexibility index (Phi) is 7.37. The van der Waals surface area contributed by atoms with Crippen LogP contribution in [0.15, 0.2) is 41.4 Å². The number of nitrogen functional groups attached to an aromatic ring is 1. The Labute approximate surface area is 226 Å². The molecule has 3 N–H and O–H groups in total. The van der Waals surface area contributed by atoms with E-state index in [0.717, 1.165) is 12.1 Å². The van der Waals surface area contributed by atoms with Crippen molar-refractivity contribution in [2.24, 2.45) is 11.8 Å². The summed E-state index contributed by atoms with van der Waals surface area (Å²) in [5, 5.41) is 4.21. The topological polar surface area (TPSA) is 145 Å². The number of aromatic nitrogens is 4. The fraction of sp³-hybridized carbons (Fsp3) is 0.462. The number of nitrogens with zero attached hydrogens (tertiary/aromatic N) is 5. The molecule has 1 atom stereocenters. The number of hydrogen-bond donors (Lipinski definition) is 2. The highest BCUT2D eigenvalue weighted by Gasteiger charge is 2.39. The molecule has 0 aromatic carbocycles. The third kappa shape index (κ3) is 5.74. The standard InChI is InChI=1S/C26H35N7O4S.2H2/c1-16(2)15-37-22-12-18(4)33(30-22)21-11-10-19(24(29-21)32-14-17(3)13-26(32,5)6)25(34)31-38(35,36)23-9-7-8-20(27)28-23;;/h7-12,16-17H,13-15H2,1-6H3,(H2,27,28)(H,31,34);2*1H/t17-;;/m0../s1. The molecule has 1 saturated heterocycles. The number of aryl methyl sites for hydroxylation is 1. The van der Waals surface area contributed by atoms with Gasteiger partial charge in [-0.25, -0.2) is 19.4 Å². The smallest absolute Gasteiger partial charge is 0.281 e. The molecule has 0 saturated carbocycles. The fourth-order valence-corrected chi connectivity index (χ4v) is 5.65. The lowest BCUT2D eigenvalue weighted by molar-refractivity contribution is 0.0981. The van der Waals surface area contributed by atoms with Crippen molar-refractivity contribution in [3.8, 4) is 11.7 Å². The minimum Gasteiger partial charge on any atom is -0.476 e. The van der Waals surface area contributed by atoms with Crippen molar-refractivity contribution in [1.82, 2.24) is 24.5 Å². The highest BCUT2D eigenvalue weighted by atomic mass is 32.2. The van der Waals surface area contributed by atoms with Gasteiger partial charge in [0.25, 0.3) is 15.9 Å². The zero-order valence-electron chi connectivity index (χ0n) is 22.6. The summed E-state index contributed by atoms with van der Waals surface area (Å²) < 4.78 is 35.4. The van der Waals surface area contributed by atoms with Gasteiger partial charge in [0.15, 0.2) is 10.8 Å². The maximum absolute atomic E-state index is 13.4. The minimum atomic E-state index is -4.26. The van der Waals surface area contributed by atoms with Crippen molar-refractivity contribution < 1.29 is 20.8 Å². The van der Waals surface area contributed by atoms with E-state index in [-0.39, 0.29) is 24.8 Å². The summed E-state index contributed by atoms with van der Waals surface area (Å²) in [6.07, 6.45) is 0.888. The molecule has 3 aromatic rings. The van der Waals surface area contributed by atoms with E-state index in [1.807, 2.05) is 13.0 Å². The maximum atomic E-state index is 13.4. The molecule has 0 radical (unpaired) electrons. The number of anilines is 2. The van der Waals surface area contributed by atoms with Crippen LogP contribution in [0.25, 0.3) is 5.82 Å². The van der Waals surface area contributed by atoms with Gasteiger partial charge in [-0.2, -0.15) is 8.42 Å². The van der Waals surface area contributed by atoms with Gasteiger partial charge in [-0.1, -0.05) is 26.8 Å². The molecule has 38 heavy (non-hydrogen) atoms. The van der Waals surface area contributed by atoms with E-state index >= 15 is 0 Å². The molecule has 12 heteroatoms. The maximum Gasteiger partial charge on any atom is 0.281 e. The summed E-state index contributed by atoms with van der Waals surface area (Å²) in [5.41, 5.74) is 6.28. The molecule has 0 bridgehead atoms. The number of nitrogens with two attached hydrogens (primary N) is 1. The highest BCUT2D eigenvalue weighted by molar-refractivity contribution is 7.90. The number of amides is 1. The van der Waals surface area contributed by atoms with E-state index in [2.05, 4.69) is 54.3 Å². The highest BCUT2D eigenvalue weighted by Crippen LogP contribution is 2.38. The summed E-state index contributed by atoms with van der Waals surface area (Å²) >= 11 is 0. The van der Waals surface area contributed by atoms with Crippen LogP contribution in [0, 0.1) is 18.8 Å². The number of carbonyl (C=O) groups is 1. The van der Waals surface area contributed by atoms with Crippen LogP contribution in [0.3, 0.4) is 0 Å². The Hall–Kier alpha value is -3.67. The molecule has 0 unspecified atom stereocenters. The second-order valence-corrected chi connectivity index (χ2v) is 12.5. The molecule has 1 fully saturated rings. The van der Waals surface area contributed by atoms with E-state index < -0.39 is 15.9 Å². The third-order valence-electron chi connectivity index (χ3n) is 6.33. The van der Waals surface area contributed by atoms with Gasteiger partial charge in [0, 0.05) is 26.7 Å². The number of ether oxygens (including phenoxy) is 1. The van der Waals surface area contributed by atoms with E-state index in [4.69, 9.17) is 15.5 Å². The van der Waals surface area contributed by atoms with E-state index in [0.29, 0.717) is 42.5 Å². The predicted octanol–water partition coefficient (Wildman–Crippen LogP) is 3.82. The van der Waals surface area contributed by atoms with Crippen molar-refractivity contribution in [2.45, 2.75) is 58.5 Å². The average Bonchev–Trinajstić information content (AvgIpc) is 3.33. The average molecular weight is 546 g/mol. The van der Waals surface area contributed by atoms with E-state index in [1.165, 1.54) is 18.2 Å². The van der Waals surface area contributed by atoms with Gasteiger partial charge in [0.1, 0.15) is 11.6 Å². The first-order valence-electron chi connectivity index (χ1n) is 12.5. The summed E-state index contributed by atoms with van der Waals surface area (Å²) in [6, 6.07) is 9.25. The predicted molar refractivity (Wildman–Crippen MR) is 149 cm³/mol. The van der Waals surface area contributed by atoms with Crippen LogP contribution in [0.2, 0.25) is 0 Å². The SMILES string of the molecule is Cc1cc(OCC(C)C)nn1-c1ccc(C(=O)NS(=O)(=O)c2cccc(N)n2)c(N2C[C@@H](C)CC2(C)C)n1.[HH].[HH]. The van der Waals surface area contributed by atoms with Gasteiger partial charge in [0.2, 0.25) is 5.88 Å². The van der Waals surface area contributed by atoms with Gasteiger partial charge >= 0.3 is 0 Å². The summed E-state index contributed by atoms with van der Waals surface area (Å²) in [4.78, 5) is 24.1. The van der Waals surface area contributed by atoms with Crippen LogP contribution in [0.1, 0.15) is 59.9 Å². The largest absolute Gasteiger partial charge is 0.476 e. The molecule has 4 heterocycles.